The van der Waals surface area contributed by atoms with Gasteiger partial charge < -0.3 is 4.90 Å². The molecular formula is C18H21N3O. The second-order valence-corrected chi connectivity index (χ2v) is 5.84. The molecule has 1 aromatic carbocycles. The fourth-order valence-electron chi connectivity index (χ4n) is 2.55. The van der Waals surface area contributed by atoms with Gasteiger partial charge in [-0.1, -0.05) is 19.1 Å². The van der Waals surface area contributed by atoms with Crippen LogP contribution >= 0.6 is 0 Å². The minimum Gasteiger partial charge on any atom is -0.338 e. The van der Waals surface area contributed by atoms with Gasteiger partial charge in [0.2, 0.25) is 0 Å². The Balaban J connectivity index is 1.74. The number of carbonyl (C=O) groups is 1. The van der Waals surface area contributed by atoms with Crippen LogP contribution in [0.25, 0.3) is 11.4 Å². The second-order valence-electron chi connectivity index (χ2n) is 5.84. The zero-order chi connectivity index (χ0) is 15.4. The lowest BCUT2D eigenvalue weighted by Crippen LogP contribution is -2.33. The lowest BCUT2D eigenvalue weighted by molar-refractivity contribution is 0.0748. The molecule has 0 atom stereocenters. The van der Waals surface area contributed by atoms with Gasteiger partial charge in [-0.3, -0.25) is 4.79 Å². The summed E-state index contributed by atoms with van der Waals surface area (Å²) in [5.41, 5.74) is 1.68. The van der Waals surface area contributed by atoms with Crippen LogP contribution in [0.4, 0.5) is 0 Å². The predicted molar refractivity (Wildman–Crippen MR) is 86.4 cm³/mol. The number of amides is 1. The van der Waals surface area contributed by atoms with E-state index < -0.39 is 0 Å². The number of nitrogens with zero attached hydrogens (tertiary/aromatic N) is 3. The molecule has 1 aliphatic carbocycles. The molecule has 3 rings (SSSR count). The Labute approximate surface area is 131 Å². The van der Waals surface area contributed by atoms with Gasteiger partial charge in [-0.05, 0) is 43.4 Å². The Bertz CT molecular complexity index is 621. The SMILES string of the molecule is CCCN(CC1CC1)C(=O)c1ccc(-c2ncccn2)cc1. The summed E-state index contributed by atoms with van der Waals surface area (Å²) in [5.74, 6) is 1.53. The quantitative estimate of drug-likeness (QED) is 0.820. The first-order valence-corrected chi connectivity index (χ1v) is 7.94. The van der Waals surface area contributed by atoms with Gasteiger partial charge in [-0.2, -0.15) is 0 Å². The number of benzene rings is 1. The maximum atomic E-state index is 12.6. The molecule has 4 nitrogen and oxygen atoms in total. The van der Waals surface area contributed by atoms with E-state index in [2.05, 4.69) is 16.9 Å². The van der Waals surface area contributed by atoms with Crippen molar-refractivity contribution in [3.05, 3.63) is 48.3 Å². The number of rotatable bonds is 6. The normalized spacial score (nSPS) is 13.9. The zero-order valence-corrected chi connectivity index (χ0v) is 12.9. The molecule has 22 heavy (non-hydrogen) atoms. The summed E-state index contributed by atoms with van der Waals surface area (Å²) < 4.78 is 0. The van der Waals surface area contributed by atoms with Gasteiger partial charge in [0.1, 0.15) is 0 Å². The standard InChI is InChI=1S/C18H21N3O/c1-2-12-21(13-14-4-5-14)18(22)16-8-6-15(7-9-16)17-19-10-3-11-20-17/h3,6-11,14H,2,4-5,12-13H2,1H3. The molecule has 1 aliphatic rings. The maximum absolute atomic E-state index is 12.6. The molecule has 0 spiro atoms. The zero-order valence-electron chi connectivity index (χ0n) is 12.9. The summed E-state index contributed by atoms with van der Waals surface area (Å²) >= 11 is 0. The largest absolute Gasteiger partial charge is 0.338 e. The molecule has 0 radical (unpaired) electrons. The summed E-state index contributed by atoms with van der Waals surface area (Å²) in [7, 11) is 0. The van der Waals surface area contributed by atoms with Crippen molar-refractivity contribution in [3.8, 4) is 11.4 Å². The molecule has 0 N–H and O–H groups in total. The maximum Gasteiger partial charge on any atom is 0.253 e. The van der Waals surface area contributed by atoms with Crippen LogP contribution in [0.3, 0.4) is 0 Å². The van der Waals surface area contributed by atoms with E-state index in [0.29, 0.717) is 11.7 Å². The third-order valence-corrected chi connectivity index (χ3v) is 3.91. The third-order valence-electron chi connectivity index (χ3n) is 3.91. The molecule has 0 saturated heterocycles. The van der Waals surface area contributed by atoms with Crippen molar-refractivity contribution >= 4 is 5.91 Å². The predicted octanol–water partition coefficient (Wildman–Crippen LogP) is 3.41. The van der Waals surface area contributed by atoms with Gasteiger partial charge in [0.15, 0.2) is 5.82 Å². The van der Waals surface area contributed by atoms with Crippen molar-refractivity contribution in [1.82, 2.24) is 14.9 Å². The van der Waals surface area contributed by atoms with Crippen LogP contribution in [0.5, 0.6) is 0 Å². The minimum atomic E-state index is 0.134. The second kappa shape index (κ2) is 6.69. The lowest BCUT2D eigenvalue weighted by atomic mass is 10.1. The fourth-order valence-corrected chi connectivity index (χ4v) is 2.55. The Morgan fingerprint density at radius 3 is 2.45 bits per heavy atom. The molecule has 0 bridgehead atoms. The smallest absolute Gasteiger partial charge is 0.253 e. The van der Waals surface area contributed by atoms with E-state index in [-0.39, 0.29) is 5.91 Å². The van der Waals surface area contributed by atoms with E-state index in [1.165, 1.54) is 12.8 Å². The van der Waals surface area contributed by atoms with Crippen LogP contribution < -0.4 is 0 Å². The van der Waals surface area contributed by atoms with E-state index in [9.17, 15) is 4.79 Å². The van der Waals surface area contributed by atoms with Crippen LogP contribution in [0.1, 0.15) is 36.5 Å². The van der Waals surface area contributed by atoms with Crippen LogP contribution in [0.2, 0.25) is 0 Å². The Hall–Kier alpha value is -2.23. The monoisotopic (exact) mass is 295 g/mol. The van der Waals surface area contributed by atoms with E-state index in [1.807, 2.05) is 29.2 Å². The first kappa shape index (κ1) is 14.7. The highest BCUT2D eigenvalue weighted by Gasteiger charge is 2.26. The molecule has 1 saturated carbocycles. The molecule has 0 unspecified atom stereocenters. The van der Waals surface area contributed by atoms with Crippen molar-refractivity contribution in [1.29, 1.82) is 0 Å². The van der Waals surface area contributed by atoms with E-state index in [0.717, 1.165) is 30.6 Å². The highest BCUT2D eigenvalue weighted by Crippen LogP contribution is 2.30. The number of aromatic nitrogens is 2. The highest BCUT2D eigenvalue weighted by atomic mass is 16.2. The average molecular weight is 295 g/mol. The minimum absolute atomic E-state index is 0.134. The Morgan fingerprint density at radius 1 is 1.18 bits per heavy atom. The summed E-state index contributed by atoms with van der Waals surface area (Å²) in [6.45, 7) is 3.85. The van der Waals surface area contributed by atoms with Crippen molar-refractivity contribution < 1.29 is 4.79 Å². The van der Waals surface area contributed by atoms with Gasteiger partial charge in [-0.25, -0.2) is 9.97 Å². The molecule has 1 amide bonds. The lowest BCUT2D eigenvalue weighted by Gasteiger charge is -2.22. The van der Waals surface area contributed by atoms with E-state index >= 15 is 0 Å². The summed E-state index contributed by atoms with van der Waals surface area (Å²) in [4.78, 5) is 23.1. The third kappa shape index (κ3) is 3.50. The summed E-state index contributed by atoms with van der Waals surface area (Å²) in [6.07, 6.45) is 6.96. The number of hydrogen-bond acceptors (Lipinski definition) is 3. The van der Waals surface area contributed by atoms with Gasteiger partial charge in [0, 0.05) is 36.6 Å². The van der Waals surface area contributed by atoms with Crippen LogP contribution in [0, 0.1) is 5.92 Å². The number of hydrogen-bond donors (Lipinski definition) is 0. The first-order chi connectivity index (χ1) is 10.8. The van der Waals surface area contributed by atoms with Crippen LogP contribution in [-0.2, 0) is 0 Å². The van der Waals surface area contributed by atoms with E-state index in [4.69, 9.17) is 0 Å². The topological polar surface area (TPSA) is 46.1 Å². The van der Waals surface area contributed by atoms with Gasteiger partial charge >= 0.3 is 0 Å². The molecule has 114 valence electrons. The molecule has 2 aromatic rings. The number of carbonyl (C=O) groups excluding carboxylic acids is 1. The Kier molecular flexibility index (Phi) is 4.47. The highest BCUT2D eigenvalue weighted by molar-refractivity contribution is 5.94. The molecule has 0 aliphatic heterocycles. The van der Waals surface area contributed by atoms with Crippen molar-refractivity contribution in [2.24, 2.45) is 5.92 Å². The van der Waals surface area contributed by atoms with Crippen molar-refractivity contribution in [3.63, 3.8) is 0 Å². The van der Waals surface area contributed by atoms with E-state index in [1.54, 1.807) is 18.5 Å². The molecule has 1 heterocycles. The Morgan fingerprint density at radius 2 is 1.86 bits per heavy atom. The fraction of sp³-hybridized carbons (Fsp3) is 0.389. The molecule has 4 heteroatoms. The van der Waals surface area contributed by atoms with Crippen molar-refractivity contribution in [2.45, 2.75) is 26.2 Å². The molecular weight excluding hydrogens is 274 g/mol. The van der Waals surface area contributed by atoms with Crippen LogP contribution in [0.15, 0.2) is 42.7 Å². The van der Waals surface area contributed by atoms with Gasteiger partial charge in [0.25, 0.3) is 5.91 Å². The summed E-state index contributed by atoms with van der Waals surface area (Å²) in [6, 6.07) is 9.39. The van der Waals surface area contributed by atoms with Gasteiger partial charge in [-0.15, -0.1) is 0 Å². The molecule has 1 fully saturated rings. The summed E-state index contributed by atoms with van der Waals surface area (Å²) in [5, 5.41) is 0. The average Bonchev–Trinajstić information content (AvgIpc) is 3.39. The first-order valence-electron chi connectivity index (χ1n) is 7.94. The van der Waals surface area contributed by atoms with Gasteiger partial charge in [0.05, 0.1) is 0 Å². The molecule has 1 aromatic heterocycles. The van der Waals surface area contributed by atoms with Crippen LogP contribution in [-0.4, -0.2) is 33.9 Å². The van der Waals surface area contributed by atoms with Crippen molar-refractivity contribution in [2.75, 3.05) is 13.1 Å².